The number of amides is 1. The van der Waals surface area contributed by atoms with E-state index >= 15 is 0 Å². The van der Waals surface area contributed by atoms with Gasteiger partial charge in [0.05, 0.1) is 5.92 Å². The predicted octanol–water partition coefficient (Wildman–Crippen LogP) is 1.78. The van der Waals surface area contributed by atoms with E-state index in [2.05, 4.69) is 0 Å². The van der Waals surface area contributed by atoms with Crippen molar-refractivity contribution in [1.29, 1.82) is 0 Å². The number of carbonyl (C=O) groups is 1. The van der Waals surface area contributed by atoms with Crippen LogP contribution >= 0.6 is 0 Å². The zero-order valence-corrected chi connectivity index (χ0v) is 12.1. The van der Waals surface area contributed by atoms with Crippen molar-refractivity contribution in [3.8, 4) is 0 Å². The molecule has 1 aliphatic carbocycles. The highest BCUT2D eigenvalue weighted by molar-refractivity contribution is 5.79. The van der Waals surface area contributed by atoms with E-state index in [1.165, 1.54) is 12.8 Å². The molecule has 2 unspecified atom stereocenters. The number of ether oxygens (including phenoxy) is 1. The monoisotopic (exact) mass is 268 g/mol. The van der Waals surface area contributed by atoms with Gasteiger partial charge < -0.3 is 15.4 Å². The van der Waals surface area contributed by atoms with Gasteiger partial charge in [0, 0.05) is 32.8 Å². The van der Waals surface area contributed by atoms with Crippen LogP contribution in [0.4, 0.5) is 0 Å². The Kier molecular flexibility index (Phi) is 5.64. The standard InChI is InChI=1S/C15H28N2O2/c1-17(11-12-7-9-19-10-8-12)15(18)13-5-3-2-4-6-14(13)16/h12-14H,2-11,16H2,1H3. The highest BCUT2D eigenvalue weighted by Crippen LogP contribution is 2.24. The van der Waals surface area contributed by atoms with E-state index < -0.39 is 0 Å². The molecule has 2 N–H and O–H groups in total. The van der Waals surface area contributed by atoms with Crippen LogP contribution in [0.3, 0.4) is 0 Å². The fourth-order valence-electron chi connectivity index (χ4n) is 3.33. The molecular formula is C15H28N2O2. The molecule has 0 spiro atoms. The lowest BCUT2D eigenvalue weighted by molar-refractivity contribution is -0.136. The van der Waals surface area contributed by atoms with Gasteiger partial charge in [-0.1, -0.05) is 19.3 Å². The van der Waals surface area contributed by atoms with Gasteiger partial charge in [0.2, 0.25) is 5.91 Å². The second-order valence-electron chi connectivity index (χ2n) is 6.18. The summed E-state index contributed by atoms with van der Waals surface area (Å²) in [6.45, 7) is 2.55. The van der Waals surface area contributed by atoms with Gasteiger partial charge in [-0.3, -0.25) is 4.79 Å². The lowest BCUT2D eigenvalue weighted by Gasteiger charge is -2.31. The SMILES string of the molecule is CN(CC1CCOCC1)C(=O)C1CCCCCC1N. The van der Waals surface area contributed by atoms with Gasteiger partial charge in [-0.05, 0) is 31.6 Å². The maximum atomic E-state index is 12.5. The lowest BCUT2D eigenvalue weighted by Crippen LogP contribution is -2.44. The Hall–Kier alpha value is -0.610. The highest BCUT2D eigenvalue weighted by Gasteiger charge is 2.30. The van der Waals surface area contributed by atoms with E-state index in [1.54, 1.807) is 0 Å². The summed E-state index contributed by atoms with van der Waals surface area (Å²) < 4.78 is 5.37. The summed E-state index contributed by atoms with van der Waals surface area (Å²) in [4.78, 5) is 14.5. The van der Waals surface area contributed by atoms with Crippen LogP contribution in [0.15, 0.2) is 0 Å². The first kappa shape index (κ1) is 14.8. The molecule has 4 heteroatoms. The molecule has 2 rings (SSSR count). The molecular weight excluding hydrogens is 240 g/mol. The van der Waals surface area contributed by atoms with Crippen LogP contribution < -0.4 is 5.73 Å². The Balaban J connectivity index is 1.85. The third-order valence-electron chi connectivity index (χ3n) is 4.64. The van der Waals surface area contributed by atoms with Gasteiger partial charge >= 0.3 is 0 Å². The smallest absolute Gasteiger partial charge is 0.226 e. The molecule has 0 aromatic carbocycles. The Morgan fingerprint density at radius 3 is 2.58 bits per heavy atom. The van der Waals surface area contributed by atoms with Crippen molar-refractivity contribution in [3.05, 3.63) is 0 Å². The van der Waals surface area contributed by atoms with E-state index in [1.807, 2.05) is 11.9 Å². The van der Waals surface area contributed by atoms with Crippen LogP contribution in [0.2, 0.25) is 0 Å². The summed E-state index contributed by atoms with van der Waals surface area (Å²) >= 11 is 0. The van der Waals surface area contributed by atoms with Gasteiger partial charge in [-0.15, -0.1) is 0 Å². The summed E-state index contributed by atoms with van der Waals surface area (Å²) in [6.07, 6.45) is 7.67. The molecule has 0 radical (unpaired) electrons. The molecule has 0 aromatic heterocycles. The summed E-state index contributed by atoms with van der Waals surface area (Å²) in [6, 6.07) is 0.0622. The Morgan fingerprint density at radius 1 is 1.16 bits per heavy atom. The van der Waals surface area contributed by atoms with Crippen molar-refractivity contribution in [2.24, 2.45) is 17.6 Å². The number of rotatable bonds is 3. The second kappa shape index (κ2) is 7.25. The average molecular weight is 268 g/mol. The van der Waals surface area contributed by atoms with Crippen molar-refractivity contribution in [2.75, 3.05) is 26.8 Å². The molecule has 110 valence electrons. The van der Waals surface area contributed by atoms with Crippen molar-refractivity contribution in [3.63, 3.8) is 0 Å². The Morgan fingerprint density at radius 2 is 1.84 bits per heavy atom. The molecule has 2 atom stereocenters. The average Bonchev–Trinajstić information content (AvgIpc) is 2.63. The maximum Gasteiger partial charge on any atom is 0.226 e. The minimum absolute atomic E-state index is 0.0485. The summed E-state index contributed by atoms with van der Waals surface area (Å²) in [5.41, 5.74) is 6.18. The van der Waals surface area contributed by atoms with Crippen LogP contribution in [0.25, 0.3) is 0 Å². The van der Waals surface area contributed by atoms with E-state index in [0.29, 0.717) is 5.92 Å². The quantitative estimate of drug-likeness (QED) is 0.794. The fraction of sp³-hybridized carbons (Fsp3) is 0.933. The van der Waals surface area contributed by atoms with Gasteiger partial charge in [-0.2, -0.15) is 0 Å². The molecule has 2 aliphatic rings. The molecule has 1 saturated heterocycles. The molecule has 1 heterocycles. The minimum atomic E-state index is 0.0485. The molecule has 19 heavy (non-hydrogen) atoms. The van der Waals surface area contributed by atoms with E-state index in [9.17, 15) is 4.79 Å². The van der Waals surface area contributed by atoms with Crippen molar-refractivity contribution in [1.82, 2.24) is 4.90 Å². The summed E-state index contributed by atoms with van der Waals surface area (Å²) in [5.74, 6) is 0.915. The zero-order valence-electron chi connectivity index (χ0n) is 12.1. The van der Waals surface area contributed by atoms with Crippen LogP contribution in [-0.2, 0) is 9.53 Å². The number of nitrogens with zero attached hydrogens (tertiary/aromatic N) is 1. The number of hydrogen-bond donors (Lipinski definition) is 1. The topological polar surface area (TPSA) is 55.6 Å². The molecule has 0 aromatic rings. The normalized spacial score (nSPS) is 29.8. The fourth-order valence-corrected chi connectivity index (χ4v) is 3.33. The molecule has 0 bridgehead atoms. The summed E-state index contributed by atoms with van der Waals surface area (Å²) in [5, 5.41) is 0. The highest BCUT2D eigenvalue weighted by atomic mass is 16.5. The molecule has 4 nitrogen and oxygen atoms in total. The van der Waals surface area contributed by atoms with Crippen LogP contribution in [0.5, 0.6) is 0 Å². The molecule has 1 saturated carbocycles. The Bertz CT molecular complexity index is 290. The largest absolute Gasteiger partial charge is 0.381 e. The van der Waals surface area contributed by atoms with E-state index in [0.717, 1.165) is 51.9 Å². The second-order valence-corrected chi connectivity index (χ2v) is 6.18. The Labute approximate surface area is 116 Å². The summed E-state index contributed by atoms with van der Waals surface area (Å²) in [7, 11) is 1.94. The first-order valence-corrected chi connectivity index (χ1v) is 7.77. The third-order valence-corrected chi connectivity index (χ3v) is 4.64. The number of hydrogen-bond acceptors (Lipinski definition) is 3. The third kappa shape index (κ3) is 4.18. The van der Waals surface area contributed by atoms with Gasteiger partial charge in [0.25, 0.3) is 0 Å². The van der Waals surface area contributed by atoms with Crippen LogP contribution in [0.1, 0.15) is 44.9 Å². The minimum Gasteiger partial charge on any atom is -0.381 e. The molecule has 1 aliphatic heterocycles. The van der Waals surface area contributed by atoms with Crippen molar-refractivity contribution in [2.45, 2.75) is 51.0 Å². The first-order chi connectivity index (χ1) is 9.18. The van der Waals surface area contributed by atoms with Crippen LogP contribution in [0, 0.1) is 11.8 Å². The van der Waals surface area contributed by atoms with Gasteiger partial charge in [-0.25, -0.2) is 0 Å². The van der Waals surface area contributed by atoms with Gasteiger partial charge in [0.15, 0.2) is 0 Å². The predicted molar refractivity (Wildman–Crippen MR) is 75.7 cm³/mol. The van der Waals surface area contributed by atoms with Crippen LogP contribution in [-0.4, -0.2) is 43.7 Å². The molecule has 1 amide bonds. The van der Waals surface area contributed by atoms with Crippen molar-refractivity contribution < 1.29 is 9.53 Å². The van der Waals surface area contributed by atoms with Gasteiger partial charge in [0.1, 0.15) is 0 Å². The maximum absolute atomic E-state index is 12.5. The van der Waals surface area contributed by atoms with Crippen molar-refractivity contribution >= 4 is 5.91 Å². The lowest BCUT2D eigenvalue weighted by atomic mass is 9.93. The number of carbonyl (C=O) groups excluding carboxylic acids is 1. The zero-order chi connectivity index (χ0) is 13.7. The van der Waals surface area contributed by atoms with E-state index in [-0.39, 0.29) is 17.9 Å². The number of nitrogens with two attached hydrogens (primary N) is 1. The first-order valence-electron chi connectivity index (χ1n) is 7.77. The van der Waals surface area contributed by atoms with E-state index in [4.69, 9.17) is 10.5 Å². The molecule has 2 fully saturated rings.